The number of hydrogen-bond acceptors (Lipinski definition) is 6. The summed E-state index contributed by atoms with van der Waals surface area (Å²) >= 11 is 20.3. The molecule has 2 bridgehead atoms. The summed E-state index contributed by atoms with van der Waals surface area (Å²) in [4.78, 5) is 20.7. The van der Waals surface area contributed by atoms with Crippen LogP contribution in [0.5, 0.6) is 0 Å². The van der Waals surface area contributed by atoms with Gasteiger partial charge < -0.3 is 9.80 Å². The van der Waals surface area contributed by atoms with Crippen molar-refractivity contribution in [1.82, 2.24) is 14.8 Å². The van der Waals surface area contributed by atoms with Crippen LogP contribution in [0.25, 0.3) is 0 Å². The quantitative estimate of drug-likeness (QED) is 0.373. The molecule has 9 heteroatoms. The van der Waals surface area contributed by atoms with Crippen LogP contribution < -0.4 is 0 Å². The van der Waals surface area contributed by atoms with Gasteiger partial charge in [-0.15, -0.1) is 0 Å². The Hall–Kier alpha value is -2.25. The first-order valence-electron chi connectivity index (χ1n) is 11.9. The highest BCUT2D eigenvalue weighted by atomic mass is 35.5. The average molecular weight is 557 g/mol. The molecule has 6 rings (SSSR count). The van der Waals surface area contributed by atoms with E-state index >= 15 is 0 Å². The third kappa shape index (κ3) is 4.49. The smallest absolute Gasteiger partial charge is 0.147 e. The van der Waals surface area contributed by atoms with Gasteiger partial charge in [-0.3, -0.25) is 0 Å². The van der Waals surface area contributed by atoms with E-state index in [0.29, 0.717) is 15.2 Å². The zero-order valence-corrected chi connectivity index (χ0v) is 22.8. The normalized spacial score (nSPS) is 24.1. The standard InChI is InChI=1S/C27H24Cl3N5S/c1-34-23-8-6-21(36-20-4-2-3-18(28)25(20)30)26(34)31-12-9-24(33-23)35-13-10-27(11-14-35)15-17-5-7-22(29)32-19(17)16-27/h2-9,12H,10-11,13-16H2,1H3/b12-9+,24-9?,31-12?,31-26-,33-23?,33-24+. The van der Waals surface area contributed by atoms with Crippen LogP contribution in [0.3, 0.4) is 0 Å². The number of amidine groups is 2. The van der Waals surface area contributed by atoms with Crippen molar-refractivity contribution in [2.45, 2.75) is 30.6 Å². The minimum absolute atomic E-state index is 0.283. The van der Waals surface area contributed by atoms with Crippen molar-refractivity contribution < 1.29 is 0 Å². The highest BCUT2D eigenvalue weighted by Crippen LogP contribution is 2.44. The van der Waals surface area contributed by atoms with Gasteiger partial charge in [0.15, 0.2) is 0 Å². The molecule has 3 aliphatic heterocycles. The van der Waals surface area contributed by atoms with Crippen molar-refractivity contribution in [2.75, 3.05) is 20.1 Å². The van der Waals surface area contributed by atoms with E-state index < -0.39 is 0 Å². The maximum absolute atomic E-state index is 6.42. The molecule has 4 heterocycles. The van der Waals surface area contributed by atoms with E-state index in [1.54, 1.807) is 17.8 Å². The van der Waals surface area contributed by atoms with E-state index in [2.05, 4.69) is 22.0 Å². The number of aromatic nitrogens is 1. The largest absolute Gasteiger partial charge is 0.356 e. The molecular formula is C27H24Cl3N5S. The lowest BCUT2D eigenvalue weighted by Gasteiger charge is -2.40. The molecule has 1 aromatic heterocycles. The Morgan fingerprint density at radius 2 is 1.83 bits per heavy atom. The van der Waals surface area contributed by atoms with E-state index in [-0.39, 0.29) is 5.41 Å². The fourth-order valence-corrected chi connectivity index (χ4v) is 6.98. The number of allylic oxidation sites excluding steroid dienone is 2. The topological polar surface area (TPSA) is 44.1 Å². The second-order valence-electron chi connectivity index (χ2n) is 9.59. The van der Waals surface area contributed by atoms with Gasteiger partial charge in [-0.05, 0) is 73.1 Å². The van der Waals surface area contributed by atoms with E-state index in [9.17, 15) is 0 Å². The number of rotatable bonds is 2. The van der Waals surface area contributed by atoms with Crippen LogP contribution in [0.15, 0.2) is 80.4 Å². The third-order valence-corrected chi connectivity index (χ3v) is 9.58. The zero-order chi connectivity index (χ0) is 24.9. The van der Waals surface area contributed by atoms with Crippen LogP contribution in [0.2, 0.25) is 15.2 Å². The first kappa shape index (κ1) is 24.1. The number of thioether (sulfide) groups is 1. The molecule has 36 heavy (non-hydrogen) atoms. The summed E-state index contributed by atoms with van der Waals surface area (Å²) in [6.07, 6.45) is 12.3. The molecule has 1 aliphatic carbocycles. The second kappa shape index (κ2) is 9.56. The Labute approximate surface area is 230 Å². The number of aliphatic imine (C=N–C) groups is 2. The van der Waals surface area contributed by atoms with Gasteiger partial charge in [0.25, 0.3) is 0 Å². The average Bonchev–Trinajstić information content (AvgIpc) is 3.21. The van der Waals surface area contributed by atoms with Crippen LogP contribution in [-0.4, -0.2) is 46.6 Å². The number of likely N-dealkylation sites (N-methyl/N-ethyl adjacent to an activating group) is 1. The summed E-state index contributed by atoms with van der Waals surface area (Å²) in [6.45, 7) is 1.92. The first-order valence-corrected chi connectivity index (χ1v) is 13.9. The molecule has 4 aliphatic rings. The Morgan fingerprint density at radius 1 is 1.00 bits per heavy atom. The van der Waals surface area contributed by atoms with Gasteiger partial charge in [0, 0.05) is 36.9 Å². The number of benzene rings is 1. The Bertz CT molecular complexity index is 1390. The van der Waals surface area contributed by atoms with Gasteiger partial charge in [-0.25, -0.2) is 15.0 Å². The minimum atomic E-state index is 0.283. The number of pyridine rings is 1. The van der Waals surface area contributed by atoms with E-state index in [1.165, 1.54) is 11.3 Å². The lowest BCUT2D eigenvalue weighted by atomic mass is 9.76. The van der Waals surface area contributed by atoms with Crippen LogP contribution >= 0.6 is 46.6 Å². The van der Waals surface area contributed by atoms with Crippen molar-refractivity contribution in [1.29, 1.82) is 0 Å². The molecule has 1 aromatic carbocycles. The molecule has 0 atom stereocenters. The van der Waals surface area contributed by atoms with Gasteiger partial charge in [0.05, 0.1) is 15.0 Å². The lowest BCUT2D eigenvalue weighted by molar-refractivity contribution is 0.158. The molecule has 0 saturated carbocycles. The molecule has 0 radical (unpaired) electrons. The van der Waals surface area contributed by atoms with Gasteiger partial charge >= 0.3 is 0 Å². The predicted octanol–water partition coefficient (Wildman–Crippen LogP) is 7.01. The highest BCUT2D eigenvalue weighted by Gasteiger charge is 2.41. The lowest BCUT2D eigenvalue weighted by Crippen LogP contribution is -2.43. The maximum atomic E-state index is 6.42. The number of piperidine rings is 1. The molecule has 1 fully saturated rings. The molecule has 0 amide bonds. The monoisotopic (exact) mass is 555 g/mol. The SMILES string of the molecule is CN1C2=CC=C(Sc3cccc(Cl)c3Cl)/C1=N/C=C/C(N1CCC3(CC1)Cc1ccc(Cl)nc1C3)=N\2. The van der Waals surface area contributed by atoms with Crippen LogP contribution in [0, 0.1) is 5.41 Å². The Kier molecular flexibility index (Phi) is 6.41. The molecule has 2 aromatic rings. The highest BCUT2D eigenvalue weighted by molar-refractivity contribution is 8.04. The molecule has 0 unspecified atom stereocenters. The minimum Gasteiger partial charge on any atom is -0.356 e. The summed E-state index contributed by atoms with van der Waals surface area (Å²) in [5.74, 6) is 2.65. The van der Waals surface area contributed by atoms with Crippen molar-refractivity contribution in [2.24, 2.45) is 15.4 Å². The van der Waals surface area contributed by atoms with Crippen molar-refractivity contribution in [3.8, 4) is 0 Å². The molecule has 0 N–H and O–H groups in total. The summed E-state index contributed by atoms with van der Waals surface area (Å²) in [6, 6.07) is 9.72. The third-order valence-electron chi connectivity index (χ3n) is 7.34. The van der Waals surface area contributed by atoms with Crippen LogP contribution in [0.1, 0.15) is 24.1 Å². The molecule has 5 nitrogen and oxygen atoms in total. The Balaban J connectivity index is 1.19. The Morgan fingerprint density at radius 3 is 2.67 bits per heavy atom. The summed E-state index contributed by atoms with van der Waals surface area (Å²) in [5.41, 5.74) is 2.81. The maximum Gasteiger partial charge on any atom is 0.147 e. The number of hydrogen-bond donors (Lipinski definition) is 0. The molecular weight excluding hydrogens is 533 g/mol. The van der Waals surface area contributed by atoms with Crippen molar-refractivity contribution in [3.63, 3.8) is 0 Å². The zero-order valence-electron chi connectivity index (χ0n) is 19.7. The van der Waals surface area contributed by atoms with Crippen LogP contribution in [0.4, 0.5) is 0 Å². The number of fused-ring (bicyclic) bond motifs is 3. The first-order chi connectivity index (χ1) is 17.4. The van der Waals surface area contributed by atoms with Gasteiger partial charge in [0.2, 0.25) is 0 Å². The number of nitrogens with zero attached hydrogens (tertiary/aromatic N) is 5. The fraction of sp³-hybridized carbons (Fsp3) is 0.296. The summed E-state index contributed by atoms with van der Waals surface area (Å²) in [7, 11) is 2.00. The van der Waals surface area contributed by atoms with E-state index in [0.717, 1.165) is 66.1 Å². The number of halogens is 3. The molecule has 184 valence electrons. The van der Waals surface area contributed by atoms with E-state index in [1.807, 2.05) is 48.5 Å². The number of likely N-dealkylation sites (tertiary alicyclic amines) is 1. The van der Waals surface area contributed by atoms with Gasteiger partial charge in [-0.1, -0.05) is 58.7 Å². The van der Waals surface area contributed by atoms with Gasteiger partial charge in [0.1, 0.15) is 22.6 Å². The summed E-state index contributed by atoms with van der Waals surface area (Å²) in [5, 5.41) is 1.69. The second-order valence-corrected chi connectivity index (χ2v) is 11.8. The van der Waals surface area contributed by atoms with Crippen LogP contribution in [-0.2, 0) is 12.8 Å². The van der Waals surface area contributed by atoms with Crippen molar-refractivity contribution >= 4 is 58.2 Å². The van der Waals surface area contributed by atoms with Crippen molar-refractivity contribution in [3.05, 3.63) is 91.9 Å². The molecule has 1 spiro atoms. The molecule has 1 saturated heterocycles. The fourth-order valence-electron chi connectivity index (χ4n) is 5.34. The summed E-state index contributed by atoms with van der Waals surface area (Å²) < 4.78 is 0. The predicted molar refractivity (Wildman–Crippen MR) is 150 cm³/mol. The van der Waals surface area contributed by atoms with E-state index in [4.69, 9.17) is 44.8 Å². The van der Waals surface area contributed by atoms with Gasteiger partial charge in [-0.2, -0.15) is 0 Å².